The SMILES string of the molecule is CCC1NCN(C(C2CC2)C2CC2)C1=O. The number of carbonyl (C=O) groups is 1. The van der Waals surface area contributed by atoms with Crippen molar-refractivity contribution in [1.29, 1.82) is 0 Å². The molecule has 1 atom stereocenters. The smallest absolute Gasteiger partial charge is 0.241 e. The molecule has 15 heavy (non-hydrogen) atoms. The molecule has 0 aromatic rings. The number of nitrogens with zero attached hydrogens (tertiary/aromatic N) is 1. The number of amides is 1. The van der Waals surface area contributed by atoms with Gasteiger partial charge < -0.3 is 4.90 Å². The summed E-state index contributed by atoms with van der Waals surface area (Å²) in [4.78, 5) is 14.2. The van der Waals surface area contributed by atoms with Gasteiger partial charge in [-0.05, 0) is 43.9 Å². The van der Waals surface area contributed by atoms with Crippen LogP contribution in [0.25, 0.3) is 0 Å². The molecule has 2 saturated carbocycles. The van der Waals surface area contributed by atoms with Crippen molar-refractivity contribution in [2.45, 2.75) is 51.1 Å². The fourth-order valence-electron chi connectivity index (χ4n) is 2.91. The fourth-order valence-corrected chi connectivity index (χ4v) is 2.91. The lowest BCUT2D eigenvalue weighted by molar-refractivity contribution is -0.131. The van der Waals surface area contributed by atoms with Crippen molar-refractivity contribution < 1.29 is 4.79 Å². The number of carbonyl (C=O) groups excluding carboxylic acids is 1. The lowest BCUT2D eigenvalue weighted by Gasteiger charge is -2.27. The van der Waals surface area contributed by atoms with Gasteiger partial charge in [0.25, 0.3) is 0 Å². The molecule has 3 fully saturated rings. The van der Waals surface area contributed by atoms with Crippen molar-refractivity contribution in [3.63, 3.8) is 0 Å². The standard InChI is InChI=1S/C12H20N2O/c1-2-10-12(15)14(7-13-10)11(8-3-4-8)9-5-6-9/h8-11,13H,2-7H2,1H3. The largest absolute Gasteiger partial charge is 0.325 e. The van der Waals surface area contributed by atoms with Crippen LogP contribution in [0.4, 0.5) is 0 Å². The second-order valence-electron chi connectivity index (χ2n) is 5.30. The summed E-state index contributed by atoms with van der Waals surface area (Å²) >= 11 is 0. The Labute approximate surface area is 91.2 Å². The zero-order valence-corrected chi connectivity index (χ0v) is 9.41. The van der Waals surface area contributed by atoms with Crippen LogP contribution in [-0.2, 0) is 4.79 Å². The van der Waals surface area contributed by atoms with Crippen LogP contribution in [-0.4, -0.2) is 29.6 Å². The van der Waals surface area contributed by atoms with Crippen LogP contribution in [0.1, 0.15) is 39.0 Å². The van der Waals surface area contributed by atoms with Gasteiger partial charge in [0.2, 0.25) is 5.91 Å². The summed E-state index contributed by atoms with van der Waals surface area (Å²) in [6.07, 6.45) is 6.32. The van der Waals surface area contributed by atoms with Gasteiger partial charge >= 0.3 is 0 Å². The summed E-state index contributed by atoms with van der Waals surface area (Å²) in [6, 6.07) is 0.687. The lowest BCUT2D eigenvalue weighted by atomic mass is 10.1. The molecule has 3 heteroatoms. The summed E-state index contributed by atoms with van der Waals surface area (Å²) in [7, 11) is 0. The molecule has 84 valence electrons. The van der Waals surface area contributed by atoms with Crippen LogP contribution < -0.4 is 5.32 Å². The first-order chi connectivity index (χ1) is 7.31. The Morgan fingerprint density at radius 1 is 1.33 bits per heavy atom. The highest BCUT2D eigenvalue weighted by molar-refractivity contribution is 5.84. The Morgan fingerprint density at radius 2 is 1.93 bits per heavy atom. The van der Waals surface area contributed by atoms with Gasteiger partial charge in [0, 0.05) is 6.04 Å². The van der Waals surface area contributed by atoms with Gasteiger partial charge in [-0.3, -0.25) is 10.1 Å². The highest BCUT2D eigenvalue weighted by Gasteiger charge is 2.48. The van der Waals surface area contributed by atoms with Crippen LogP contribution in [0, 0.1) is 11.8 Å². The summed E-state index contributed by atoms with van der Waals surface area (Å²) in [6.45, 7) is 2.89. The van der Waals surface area contributed by atoms with Crippen LogP contribution >= 0.6 is 0 Å². The van der Waals surface area contributed by atoms with Crippen molar-refractivity contribution in [2.24, 2.45) is 11.8 Å². The molecule has 0 bridgehead atoms. The first-order valence-corrected chi connectivity index (χ1v) is 6.35. The predicted octanol–water partition coefficient (Wildman–Crippen LogP) is 1.34. The van der Waals surface area contributed by atoms with Crippen LogP contribution in [0.2, 0.25) is 0 Å². The van der Waals surface area contributed by atoms with E-state index in [0.29, 0.717) is 11.9 Å². The summed E-state index contributed by atoms with van der Waals surface area (Å²) in [5.41, 5.74) is 0. The molecule has 1 heterocycles. The van der Waals surface area contributed by atoms with E-state index < -0.39 is 0 Å². The maximum Gasteiger partial charge on any atom is 0.241 e. The van der Waals surface area contributed by atoms with Gasteiger partial charge in [0.1, 0.15) is 0 Å². The van der Waals surface area contributed by atoms with E-state index in [1.54, 1.807) is 0 Å². The van der Waals surface area contributed by atoms with Gasteiger partial charge in [-0.25, -0.2) is 0 Å². The molecule has 3 rings (SSSR count). The highest BCUT2D eigenvalue weighted by Crippen LogP contribution is 2.47. The average molecular weight is 208 g/mol. The number of nitrogens with one attached hydrogen (secondary N) is 1. The normalized spacial score (nSPS) is 31.7. The topological polar surface area (TPSA) is 32.3 Å². The Hall–Kier alpha value is -0.570. The molecule has 2 aliphatic carbocycles. The van der Waals surface area contributed by atoms with E-state index in [1.807, 2.05) is 0 Å². The Kier molecular flexibility index (Phi) is 2.23. The minimum atomic E-state index is 0.102. The van der Waals surface area contributed by atoms with E-state index in [0.717, 1.165) is 24.9 Å². The molecule has 0 aromatic carbocycles. The molecule has 0 radical (unpaired) electrons. The molecule has 0 spiro atoms. The molecule has 1 saturated heterocycles. The Balaban J connectivity index is 1.72. The van der Waals surface area contributed by atoms with E-state index >= 15 is 0 Å². The quantitative estimate of drug-likeness (QED) is 0.756. The average Bonchev–Trinajstić information content (AvgIpc) is 3.11. The fraction of sp³-hybridized carbons (Fsp3) is 0.917. The second-order valence-corrected chi connectivity index (χ2v) is 5.30. The highest BCUT2D eigenvalue weighted by atomic mass is 16.2. The summed E-state index contributed by atoms with van der Waals surface area (Å²) in [5.74, 6) is 2.03. The molecule has 1 amide bonds. The maximum absolute atomic E-state index is 12.1. The molecule has 3 nitrogen and oxygen atoms in total. The molecule has 1 aliphatic heterocycles. The lowest BCUT2D eigenvalue weighted by Crippen LogP contribution is -2.41. The monoisotopic (exact) mass is 208 g/mol. The van der Waals surface area contributed by atoms with Crippen LogP contribution in [0.5, 0.6) is 0 Å². The third-order valence-electron chi connectivity index (χ3n) is 4.07. The van der Waals surface area contributed by atoms with Crippen molar-refractivity contribution in [3.8, 4) is 0 Å². The van der Waals surface area contributed by atoms with Crippen molar-refractivity contribution >= 4 is 5.91 Å². The van der Waals surface area contributed by atoms with E-state index in [1.165, 1.54) is 25.7 Å². The molecular formula is C12H20N2O. The van der Waals surface area contributed by atoms with Gasteiger partial charge in [-0.1, -0.05) is 6.92 Å². The van der Waals surface area contributed by atoms with Crippen molar-refractivity contribution in [2.75, 3.05) is 6.67 Å². The zero-order chi connectivity index (χ0) is 10.4. The summed E-state index contributed by atoms with van der Waals surface area (Å²) in [5, 5.41) is 3.33. The molecule has 3 aliphatic rings. The third kappa shape index (κ3) is 1.67. The Bertz CT molecular complexity index is 259. The maximum atomic E-state index is 12.1. The minimum Gasteiger partial charge on any atom is -0.325 e. The summed E-state index contributed by atoms with van der Waals surface area (Å²) < 4.78 is 0. The Morgan fingerprint density at radius 3 is 2.33 bits per heavy atom. The first kappa shape index (κ1) is 9.64. The van der Waals surface area contributed by atoms with Crippen molar-refractivity contribution in [1.82, 2.24) is 10.2 Å². The molecule has 0 aromatic heterocycles. The zero-order valence-electron chi connectivity index (χ0n) is 9.41. The van der Waals surface area contributed by atoms with E-state index in [-0.39, 0.29) is 6.04 Å². The molecular weight excluding hydrogens is 188 g/mol. The van der Waals surface area contributed by atoms with Gasteiger partial charge in [0.15, 0.2) is 0 Å². The van der Waals surface area contributed by atoms with Gasteiger partial charge in [-0.2, -0.15) is 0 Å². The number of hydrogen-bond acceptors (Lipinski definition) is 2. The second kappa shape index (κ2) is 3.48. The van der Waals surface area contributed by atoms with E-state index in [4.69, 9.17) is 0 Å². The molecule has 1 unspecified atom stereocenters. The third-order valence-corrected chi connectivity index (χ3v) is 4.07. The first-order valence-electron chi connectivity index (χ1n) is 6.35. The predicted molar refractivity (Wildman–Crippen MR) is 58.2 cm³/mol. The van der Waals surface area contributed by atoms with Crippen LogP contribution in [0.15, 0.2) is 0 Å². The number of rotatable bonds is 4. The number of hydrogen-bond donors (Lipinski definition) is 1. The van der Waals surface area contributed by atoms with Gasteiger partial charge in [-0.15, -0.1) is 0 Å². The van der Waals surface area contributed by atoms with E-state index in [9.17, 15) is 4.79 Å². The van der Waals surface area contributed by atoms with Crippen LogP contribution in [0.3, 0.4) is 0 Å². The minimum absolute atomic E-state index is 0.102. The van der Waals surface area contributed by atoms with Gasteiger partial charge in [0.05, 0.1) is 12.7 Å². The molecule has 1 N–H and O–H groups in total. The van der Waals surface area contributed by atoms with Crippen molar-refractivity contribution in [3.05, 3.63) is 0 Å². The van der Waals surface area contributed by atoms with E-state index in [2.05, 4.69) is 17.1 Å².